The number of hydrogen-bond acceptors (Lipinski definition) is 7. The van der Waals surface area contributed by atoms with Gasteiger partial charge in [0.2, 0.25) is 5.91 Å². The fraction of sp³-hybridized carbons (Fsp3) is 0.824. The number of hydrogen-bond donors (Lipinski definition) is 4. The molecule has 10 heteroatoms. The maximum atomic E-state index is 11.4. The lowest BCUT2D eigenvalue weighted by Gasteiger charge is -2.35. The van der Waals surface area contributed by atoms with Crippen LogP contribution in [0.5, 0.6) is 0 Å². The second-order valence-electron chi connectivity index (χ2n) is 6.73. The van der Waals surface area contributed by atoms with Gasteiger partial charge in [-0.1, -0.05) is 0 Å². The quantitative estimate of drug-likeness (QED) is 0.475. The van der Waals surface area contributed by atoms with Crippen molar-refractivity contribution in [1.82, 2.24) is 10.2 Å². The Morgan fingerprint density at radius 3 is 2.15 bits per heavy atom. The minimum Gasteiger partial charge on any atom is -0.480 e. The van der Waals surface area contributed by atoms with Crippen LogP contribution in [-0.2, 0) is 23.9 Å². The first kappa shape index (κ1) is 25.2. The number of rotatable bonds is 3. The number of ether oxygens (including phenoxy) is 2. The van der Waals surface area contributed by atoms with Crippen molar-refractivity contribution in [3.8, 4) is 0 Å². The number of carboxylic acid groups (broad SMARTS) is 1. The van der Waals surface area contributed by atoms with Gasteiger partial charge < -0.3 is 35.6 Å². The molecule has 2 fully saturated rings. The molecule has 0 aromatic rings. The largest absolute Gasteiger partial charge is 0.480 e. The summed E-state index contributed by atoms with van der Waals surface area (Å²) < 4.78 is 10.2. The molecule has 0 aliphatic carbocycles. The summed E-state index contributed by atoms with van der Waals surface area (Å²) in [5, 5.41) is 19.3. The van der Waals surface area contributed by atoms with E-state index in [2.05, 4.69) is 5.32 Å². The highest BCUT2D eigenvalue weighted by Gasteiger charge is 2.32. The van der Waals surface area contributed by atoms with Crippen LogP contribution in [0, 0.1) is 0 Å². The van der Waals surface area contributed by atoms with E-state index >= 15 is 0 Å². The minimum atomic E-state index is -0.991. The smallest absolute Gasteiger partial charge is 0.323 e. The van der Waals surface area contributed by atoms with E-state index in [1.165, 1.54) is 4.90 Å². The number of nitrogens with zero attached hydrogens (tertiary/aromatic N) is 1. The van der Waals surface area contributed by atoms with Gasteiger partial charge in [0.15, 0.2) is 0 Å². The number of amides is 2. The van der Waals surface area contributed by atoms with E-state index in [1.807, 2.05) is 6.92 Å². The Balaban J connectivity index is 0.000000419. The highest BCUT2D eigenvalue weighted by molar-refractivity contribution is 5.85. The summed E-state index contributed by atoms with van der Waals surface area (Å²) in [6.45, 7) is 9.70. The molecule has 0 aromatic carbocycles. The van der Waals surface area contributed by atoms with Crippen LogP contribution < -0.4 is 11.1 Å². The number of carboxylic acids is 1. The number of carbonyl (C=O) groups is 3. The van der Waals surface area contributed by atoms with E-state index in [4.69, 9.17) is 25.4 Å². The van der Waals surface area contributed by atoms with Gasteiger partial charge in [0.05, 0.1) is 25.9 Å². The van der Waals surface area contributed by atoms with Gasteiger partial charge in [-0.05, 0) is 34.6 Å². The van der Waals surface area contributed by atoms with E-state index < -0.39 is 12.1 Å². The van der Waals surface area contributed by atoms with Gasteiger partial charge in [-0.2, -0.15) is 0 Å². The number of aliphatic carboxylic acids is 1. The molecule has 2 aliphatic rings. The number of nitrogens with one attached hydrogen (secondary N) is 1. The SMILES string of the molecule is C[C@@H](N)CO.C[C@@H]1CO[C@H](C)C(=O)N1.C[C@@H]1CO[C@H](C)C(=O)N1CC(=O)O. The van der Waals surface area contributed by atoms with Gasteiger partial charge in [0.25, 0.3) is 5.91 Å². The first-order chi connectivity index (χ1) is 12.5. The number of aliphatic hydroxyl groups excluding tert-OH is 1. The molecule has 0 saturated carbocycles. The van der Waals surface area contributed by atoms with Crippen molar-refractivity contribution in [2.75, 3.05) is 26.4 Å². The standard InChI is InChI=1S/C8H13NO4.C6H11NO2.C3H9NO/c1-5-4-13-6(2)8(12)9(5)3-7(10)11;1-4-3-9-5(2)6(8)7-4;1-3(4)2-5/h5-6H,3-4H2,1-2H3,(H,10,11);4-5H,3H2,1-2H3,(H,7,8);3,5H,2,4H2,1H3/t5-,6-;4-,5-;3-/m111/s1. The van der Waals surface area contributed by atoms with Crippen molar-refractivity contribution in [2.45, 2.75) is 65.0 Å². The van der Waals surface area contributed by atoms with Crippen LogP contribution in [0.15, 0.2) is 0 Å². The van der Waals surface area contributed by atoms with Crippen LogP contribution in [0.25, 0.3) is 0 Å². The number of carbonyl (C=O) groups excluding carboxylic acids is 2. The highest BCUT2D eigenvalue weighted by Crippen LogP contribution is 2.12. The second kappa shape index (κ2) is 12.6. The molecule has 0 bridgehead atoms. The van der Waals surface area contributed by atoms with Crippen molar-refractivity contribution >= 4 is 17.8 Å². The molecule has 10 nitrogen and oxygen atoms in total. The second-order valence-corrected chi connectivity index (χ2v) is 6.73. The highest BCUT2D eigenvalue weighted by atomic mass is 16.5. The van der Waals surface area contributed by atoms with Crippen LogP contribution in [0.2, 0.25) is 0 Å². The Labute approximate surface area is 160 Å². The average Bonchev–Trinajstić information content (AvgIpc) is 2.59. The van der Waals surface area contributed by atoms with Crippen LogP contribution in [-0.4, -0.2) is 89.6 Å². The molecule has 5 atom stereocenters. The summed E-state index contributed by atoms with van der Waals surface area (Å²) in [5.41, 5.74) is 5.04. The lowest BCUT2D eigenvalue weighted by Crippen LogP contribution is -2.53. The Hall–Kier alpha value is -1.75. The topological polar surface area (TPSA) is 151 Å². The Morgan fingerprint density at radius 2 is 1.74 bits per heavy atom. The van der Waals surface area contributed by atoms with Crippen molar-refractivity contribution in [1.29, 1.82) is 0 Å². The van der Waals surface area contributed by atoms with Gasteiger partial charge in [-0.3, -0.25) is 14.4 Å². The molecule has 2 aliphatic heterocycles. The van der Waals surface area contributed by atoms with Crippen LogP contribution in [0.1, 0.15) is 34.6 Å². The maximum absolute atomic E-state index is 11.4. The lowest BCUT2D eigenvalue weighted by atomic mass is 10.2. The van der Waals surface area contributed by atoms with Gasteiger partial charge in [-0.25, -0.2) is 0 Å². The first-order valence-electron chi connectivity index (χ1n) is 8.91. The van der Waals surface area contributed by atoms with Crippen LogP contribution in [0.4, 0.5) is 0 Å². The average molecular weight is 391 g/mol. The molecule has 2 rings (SSSR count). The summed E-state index contributed by atoms with van der Waals surface area (Å²) in [5.74, 6) is -1.25. The van der Waals surface area contributed by atoms with E-state index in [9.17, 15) is 14.4 Å². The van der Waals surface area contributed by atoms with Gasteiger partial charge >= 0.3 is 5.97 Å². The summed E-state index contributed by atoms with van der Waals surface area (Å²) in [4.78, 5) is 33.9. The van der Waals surface area contributed by atoms with Gasteiger partial charge in [0.1, 0.15) is 18.8 Å². The molecule has 158 valence electrons. The molecule has 0 radical (unpaired) electrons. The van der Waals surface area contributed by atoms with Crippen molar-refractivity contribution < 1.29 is 34.1 Å². The summed E-state index contributed by atoms with van der Waals surface area (Å²) in [6, 6.07) is -0.0384. The zero-order valence-corrected chi connectivity index (χ0v) is 16.7. The van der Waals surface area contributed by atoms with E-state index in [0.29, 0.717) is 13.2 Å². The first-order valence-corrected chi connectivity index (χ1v) is 8.91. The van der Waals surface area contributed by atoms with Crippen molar-refractivity contribution in [3.05, 3.63) is 0 Å². The molecule has 2 heterocycles. The molecular weight excluding hydrogens is 358 g/mol. The monoisotopic (exact) mass is 391 g/mol. The number of aliphatic hydroxyl groups is 1. The maximum Gasteiger partial charge on any atom is 0.323 e. The fourth-order valence-electron chi connectivity index (χ4n) is 2.04. The summed E-state index contributed by atoms with van der Waals surface area (Å²) in [6.07, 6.45) is -0.781. The van der Waals surface area contributed by atoms with E-state index in [0.717, 1.165) is 0 Å². The predicted octanol–water partition coefficient (Wildman–Crippen LogP) is -1.06. The minimum absolute atomic E-state index is 0.00579. The van der Waals surface area contributed by atoms with Crippen molar-refractivity contribution in [2.24, 2.45) is 5.73 Å². The molecular formula is C17H33N3O7. The lowest BCUT2D eigenvalue weighted by molar-refractivity contribution is -0.162. The Bertz CT molecular complexity index is 487. The van der Waals surface area contributed by atoms with Gasteiger partial charge in [0, 0.05) is 12.1 Å². The summed E-state index contributed by atoms with van der Waals surface area (Å²) >= 11 is 0. The third-order valence-electron chi connectivity index (χ3n) is 3.70. The molecule has 0 spiro atoms. The molecule has 27 heavy (non-hydrogen) atoms. The fourth-order valence-corrected chi connectivity index (χ4v) is 2.04. The third kappa shape index (κ3) is 10.2. The van der Waals surface area contributed by atoms with Crippen molar-refractivity contribution in [3.63, 3.8) is 0 Å². The molecule has 2 amide bonds. The molecule has 5 N–H and O–H groups in total. The van der Waals surface area contributed by atoms with E-state index in [-0.39, 0.29) is 49.2 Å². The predicted molar refractivity (Wildman–Crippen MR) is 98.0 cm³/mol. The normalized spacial score (nSPS) is 28.8. The molecule has 0 unspecified atom stereocenters. The molecule has 0 aromatic heterocycles. The summed E-state index contributed by atoms with van der Waals surface area (Å²) in [7, 11) is 0. The zero-order valence-electron chi connectivity index (χ0n) is 16.7. The van der Waals surface area contributed by atoms with Gasteiger partial charge in [-0.15, -0.1) is 0 Å². The number of nitrogens with two attached hydrogens (primary N) is 1. The Morgan fingerprint density at radius 1 is 1.22 bits per heavy atom. The van der Waals surface area contributed by atoms with Crippen LogP contribution >= 0.6 is 0 Å². The Kier molecular flexibility index (Phi) is 11.8. The molecule has 2 saturated heterocycles. The van der Waals surface area contributed by atoms with E-state index in [1.54, 1.807) is 27.7 Å². The third-order valence-corrected chi connectivity index (χ3v) is 3.70. The number of morpholine rings is 2. The zero-order chi connectivity index (χ0) is 21.1. The van der Waals surface area contributed by atoms with Crippen LogP contribution in [0.3, 0.4) is 0 Å².